The normalized spacial score (nSPS) is 8.71. The van der Waals surface area contributed by atoms with Crippen molar-refractivity contribution in [1.82, 2.24) is 9.97 Å². The number of aryl methyl sites for hydroxylation is 2. The Bertz CT molecular complexity index is 292. The Kier molecular flexibility index (Phi) is 6.11. The van der Waals surface area contributed by atoms with E-state index in [1.807, 2.05) is 13.1 Å². The minimum atomic E-state index is -0.981. The molecular formula is C10H16N2O2. The molecule has 78 valence electrons. The van der Waals surface area contributed by atoms with Gasteiger partial charge in [-0.05, 0) is 13.3 Å². The molecule has 2 N–H and O–H groups in total. The Morgan fingerprint density at radius 2 is 2.36 bits per heavy atom. The highest BCUT2D eigenvalue weighted by molar-refractivity contribution is 5.78. The highest BCUT2D eigenvalue weighted by Gasteiger charge is 1.92. The molecule has 0 unspecified atom stereocenters. The maximum Gasteiger partial charge on any atom is 0.327 e. The number of aliphatic carboxylic acids is 1. The Morgan fingerprint density at radius 1 is 1.79 bits per heavy atom. The summed E-state index contributed by atoms with van der Waals surface area (Å²) in [5.74, 6) is 0.125. The monoisotopic (exact) mass is 196 g/mol. The first-order valence-electron chi connectivity index (χ1n) is 4.46. The maximum absolute atomic E-state index is 9.25. The fourth-order valence-corrected chi connectivity index (χ4v) is 0.831. The van der Waals surface area contributed by atoms with E-state index in [2.05, 4.69) is 23.5 Å². The molecule has 0 aliphatic carbocycles. The predicted octanol–water partition coefficient (Wildman–Crippen LogP) is 1.93. The number of imidazole rings is 1. The van der Waals surface area contributed by atoms with Gasteiger partial charge in [0.25, 0.3) is 0 Å². The number of nitrogens with one attached hydrogen (secondary N) is 1. The zero-order valence-corrected chi connectivity index (χ0v) is 8.58. The third-order valence-corrected chi connectivity index (χ3v) is 1.42. The Hall–Kier alpha value is -1.58. The van der Waals surface area contributed by atoms with Crippen LogP contribution in [0.25, 0.3) is 0 Å². The van der Waals surface area contributed by atoms with Crippen molar-refractivity contribution in [3.05, 3.63) is 30.4 Å². The number of nitrogens with zero attached hydrogens (tertiary/aromatic N) is 1. The van der Waals surface area contributed by atoms with Crippen LogP contribution >= 0.6 is 0 Å². The van der Waals surface area contributed by atoms with Gasteiger partial charge in [0.1, 0.15) is 5.82 Å². The van der Waals surface area contributed by atoms with Crippen LogP contribution in [0.2, 0.25) is 0 Å². The fourth-order valence-electron chi connectivity index (χ4n) is 0.831. The lowest BCUT2D eigenvalue weighted by molar-refractivity contribution is -0.131. The molecule has 1 aromatic rings. The van der Waals surface area contributed by atoms with Gasteiger partial charge in [-0.15, -0.1) is 0 Å². The molecule has 0 bridgehead atoms. The average molecular weight is 196 g/mol. The molecule has 0 aliphatic rings. The third-order valence-electron chi connectivity index (χ3n) is 1.42. The van der Waals surface area contributed by atoms with E-state index in [0.29, 0.717) is 0 Å². The van der Waals surface area contributed by atoms with Crippen molar-refractivity contribution in [2.45, 2.75) is 26.7 Å². The predicted molar refractivity (Wildman–Crippen MR) is 55.2 cm³/mol. The van der Waals surface area contributed by atoms with E-state index in [9.17, 15) is 4.79 Å². The van der Waals surface area contributed by atoms with Crippen molar-refractivity contribution in [2.24, 2.45) is 0 Å². The minimum absolute atomic E-state index is 0.833. The van der Waals surface area contributed by atoms with Gasteiger partial charge < -0.3 is 10.1 Å². The van der Waals surface area contributed by atoms with E-state index in [1.54, 1.807) is 0 Å². The molecule has 0 aromatic carbocycles. The van der Waals surface area contributed by atoms with Crippen LogP contribution in [0.3, 0.4) is 0 Å². The molecule has 4 nitrogen and oxygen atoms in total. The summed E-state index contributed by atoms with van der Waals surface area (Å²) in [6.07, 6.45) is 4.92. The second kappa shape index (κ2) is 6.88. The first-order chi connectivity index (χ1) is 6.60. The number of carbonyl (C=O) groups is 1. The standard InChI is InChI=1S/C7H12N2.C3H4O2/c1-3-4-7-8-5-6(2)9-7;1-2-3(4)5/h5H,3-4H2,1-2H3,(H,8,9);2H,1H2,(H,4,5). The topological polar surface area (TPSA) is 66.0 Å². The minimum Gasteiger partial charge on any atom is -0.478 e. The lowest BCUT2D eigenvalue weighted by Gasteiger charge is -1.87. The molecular weight excluding hydrogens is 180 g/mol. The summed E-state index contributed by atoms with van der Waals surface area (Å²) in [5.41, 5.74) is 1.15. The molecule has 0 aliphatic heterocycles. The first-order valence-corrected chi connectivity index (χ1v) is 4.46. The van der Waals surface area contributed by atoms with E-state index in [0.717, 1.165) is 30.4 Å². The van der Waals surface area contributed by atoms with E-state index >= 15 is 0 Å². The van der Waals surface area contributed by atoms with Crippen LogP contribution in [0, 0.1) is 6.92 Å². The Morgan fingerprint density at radius 3 is 2.64 bits per heavy atom. The SMILES string of the molecule is C=CC(=O)O.CCCc1ncc(C)[nH]1. The van der Waals surface area contributed by atoms with Crippen molar-refractivity contribution >= 4 is 5.97 Å². The largest absolute Gasteiger partial charge is 0.478 e. The van der Waals surface area contributed by atoms with Gasteiger partial charge in [-0.25, -0.2) is 9.78 Å². The summed E-state index contributed by atoms with van der Waals surface area (Å²) in [6.45, 7) is 7.13. The van der Waals surface area contributed by atoms with Gasteiger partial charge in [0.15, 0.2) is 0 Å². The zero-order chi connectivity index (χ0) is 11.0. The lowest BCUT2D eigenvalue weighted by atomic mass is 10.3. The number of aromatic amines is 1. The molecule has 0 spiro atoms. The molecule has 0 radical (unpaired) electrons. The van der Waals surface area contributed by atoms with Crippen LogP contribution in [0.1, 0.15) is 24.9 Å². The van der Waals surface area contributed by atoms with Crippen LogP contribution in [0.15, 0.2) is 18.9 Å². The quantitative estimate of drug-likeness (QED) is 0.726. The van der Waals surface area contributed by atoms with Crippen molar-refractivity contribution in [1.29, 1.82) is 0 Å². The van der Waals surface area contributed by atoms with Crippen LogP contribution in [0.5, 0.6) is 0 Å². The number of carboxylic acids is 1. The lowest BCUT2D eigenvalue weighted by Crippen LogP contribution is -1.84. The van der Waals surface area contributed by atoms with Gasteiger partial charge in [0.2, 0.25) is 0 Å². The number of H-pyrrole nitrogens is 1. The van der Waals surface area contributed by atoms with E-state index in [1.165, 1.54) is 0 Å². The smallest absolute Gasteiger partial charge is 0.327 e. The number of rotatable bonds is 3. The van der Waals surface area contributed by atoms with Gasteiger partial charge in [-0.3, -0.25) is 0 Å². The second-order valence-electron chi connectivity index (χ2n) is 2.81. The van der Waals surface area contributed by atoms with Crippen LogP contribution in [-0.2, 0) is 11.2 Å². The number of carboxylic acid groups (broad SMARTS) is 1. The fraction of sp³-hybridized carbons (Fsp3) is 0.400. The summed E-state index contributed by atoms with van der Waals surface area (Å²) in [5, 5.41) is 7.60. The van der Waals surface area contributed by atoms with Crippen molar-refractivity contribution < 1.29 is 9.90 Å². The summed E-state index contributed by atoms with van der Waals surface area (Å²) < 4.78 is 0. The molecule has 0 saturated carbocycles. The molecule has 0 amide bonds. The molecule has 0 saturated heterocycles. The van der Waals surface area contributed by atoms with Crippen LogP contribution < -0.4 is 0 Å². The summed E-state index contributed by atoms with van der Waals surface area (Å²) >= 11 is 0. The van der Waals surface area contributed by atoms with Gasteiger partial charge >= 0.3 is 5.97 Å². The molecule has 14 heavy (non-hydrogen) atoms. The van der Waals surface area contributed by atoms with E-state index < -0.39 is 5.97 Å². The van der Waals surface area contributed by atoms with Gasteiger partial charge in [0.05, 0.1) is 0 Å². The van der Waals surface area contributed by atoms with Crippen molar-refractivity contribution in [3.63, 3.8) is 0 Å². The highest BCUT2D eigenvalue weighted by Crippen LogP contribution is 1.96. The van der Waals surface area contributed by atoms with Gasteiger partial charge in [-0.1, -0.05) is 13.5 Å². The molecule has 0 atom stereocenters. The number of aromatic nitrogens is 2. The highest BCUT2D eigenvalue weighted by atomic mass is 16.4. The van der Waals surface area contributed by atoms with Gasteiger partial charge in [0, 0.05) is 24.4 Å². The first kappa shape index (κ1) is 12.4. The summed E-state index contributed by atoms with van der Waals surface area (Å²) in [4.78, 5) is 16.6. The maximum atomic E-state index is 9.25. The summed E-state index contributed by atoms with van der Waals surface area (Å²) in [6, 6.07) is 0. The zero-order valence-electron chi connectivity index (χ0n) is 8.58. The molecule has 1 heterocycles. The molecule has 0 fully saturated rings. The third kappa shape index (κ3) is 5.99. The number of hydrogen-bond acceptors (Lipinski definition) is 2. The Balaban J connectivity index is 0.000000292. The average Bonchev–Trinajstić information content (AvgIpc) is 2.53. The van der Waals surface area contributed by atoms with Crippen LogP contribution in [0.4, 0.5) is 0 Å². The second-order valence-corrected chi connectivity index (χ2v) is 2.81. The van der Waals surface area contributed by atoms with E-state index in [-0.39, 0.29) is 0 Å². The number of hydrogen-bond donors (Lipinski definition) is 2. The van der Waals surface area contributed by atoms with Crippen molar-refractivity contribution in [2.75, 3.05) is 0 Å². The Labute approximate surface area is 83.7 Å². The molecule has 1 aromatic heterocycles. The molecule has 4 heteroatoms. The van der Waals surface area contributed by atoms with Crippen molar-refractivity contribution in [3.8, 4) is 0 Å². The summed E-state index contributed by atoms with van der Waals surface area (Å²) in [7, 11) is 0. The van der Waals surface area contributed by atoms with E-state index in [4.69, 9.17) is 5.11 Å². The molecule has 1 rings (SSSR count). The van der Waals surface area contributed by atoms with Crippen LogP contribution in [-0.4, -0.2) is 21.0 Å². The van der Waals surface area contributed by atoms with Gasteiger partial charge in [-0.2, -0.15) is 0 Å².